The summed E-state index contributed by atoms with van der Waals surface area (Å²) in [5.41, 5.74) is 7.72. The number of nitrogens with two attached hydrogens (primary N) is 1. The van der Waals surface area contributed by atoms with Crippen molar-refractivity contribution in [3.63, 3.8) is 0 Å². The van der Waals surface area contributed by atoms with Gasteiger partial charge in [0.15, 0.2) is 5.96 Å². The highest BCUT2D eigenvalue weighted by Gasteiger charge is 2.28. The molecule has 1 aromatic rings. The van der Waals surface area contributed by atoms with Crippen molar-refractivity contribution in [2.75, 3.05) is 13.1 Å². The van der Waals surface area contributed by atoms with E-state index < -0.39 is 6.10 Å². The Bertz CT molecular complexity index is 577. The fourth-order valence-electron chi connectivity index (χ4n) is 2.70. The number of hydrogen-bond acceptors (Lipinski definition) is 3. The lowest BCUT2D eigenvalue weighted by atomic mass is 10.1. The second-order valence-corrected chi connectivity index (χ2v) is 6.54. The number of rotatable bonds is 8. The number of amides is 1. The van der Waals surface area contributed by atoms with Gasteiger partial charge >= 0.3 is 0 Å². The molecule has 7 heteroatoms. The van der Waals surface area contributed by atoms with E-state index in [2.05, 4.69) is 53.7 Å². The molecule has 146 valence electrons. The second-order valence-electron chi connectivity index (χ2n) is 6.54. The number of unbranched alkanes of at least 4 members (excludes halogenated alkanes) is 1. The number of hydrogen-bond donors (Lipinski definition) is 3. The van der Waals surface area contributed by atoms with Crippen molar-refractivity contribution in [2.24, 2.45) is 10.7 Å². The van der Waals surface area contributed by atoms with Crippen LogP contribution in [-0.4, -0.2) is 37.2 Å². The minimum absolute atomic E-state index is 0. The summed E-state index contributed by atoms with van der Waals surface area (Å²) >= 11 is 0. The molecule has 26 heavy (non-hydrogen) atoms. The summed E-state index contributed by atoms with van der Waals surface area (Å²) in [6.45, 7) is 6.36. The maximum absolute atomic E-state index is 11.2. The number of carbonyl (C=O) groups is 1. The van der Waals surface area contributed by atoms with Crippen LogP contribution in [0.4, 0.5) is 0 Å². The third kappa shape index (κ3) is 7.90. The van der Waals surface area contributed by atoms with Crippen molar-refractivity contribution in [1.82, 2.24) is 10.6 Å². The molecule has 0 aliphatic carbocycles. The summed E-state index contributed by atoms with van der Waals surface area (Å²) in [7, 11) is 0. The Hall–Kier alpha value is -1.35. The summed E-state index contributed by atoms with van der Waals surface area (Å²) in [6.07, 6.45) is 3.30. The Kier molecular flexibility index (Phi) is 10.6. The Labute approximate surface area is 173 Å². The predicted molar refractivity (Wildman–Crippen MR) is 116 cm³/mol. The van der Waals surface area contributed by atoms with Gasteiger partial charge in [-0.1, -0.05) is 43.2 Å². The highest BCUT2D eigenvalue weighted by atomic mass is 127. The first-order valence-corrected chi connectivity index (χ1v) is 9.11. The van der Waals surface area contributed by atoms with Crippen LogP contribution in [0.3, 0.4) is 0 Å². The number of carbonyl (C=O) groups excluding carboxylic acids is 1. The van der Waals surface area contributed by atoms with Gasteiger partial charge in [-0.2, -0.15) is 0 Å². The zero-order chi connectivity index (χ0) is 18.1. The van der Waals surface area contributed by atoms with Crippen LogP contribution in [0.5, 0.6) is 0 Å². The van der Waals surface area contributed by atoms with Gasteiger partial charge in [-0.25, -0.2) is 4.99 Å². The number of aryl methyl sites for hydroxylation is 1. The average Bonchev–Trinajstić information content (AvgIpc) is 3.08. The van der Waals surface area contributed by atoms with Crippen molar-refractivity contribution < 1.29 is 9.53 Å². The molecule has 1 fully saturated rings. The van der Waals surface area contributed by atoms with E-state index in [-0.39, 0.29) is 36.0 Å². The molecule has 1 aliphatic rings. The van der Waals surface area contributed by atoms with E-state index in [1.54, 1.807) is 0 Å². The number of nitrogens with one attached hydrogen (secondary N) is 2. The Morgan fingerprint density at radius 1 is 1.27 bits per heavy atom. The van der Waals surface area contributed by atoms with E-state index in [9.17, 15) is 4.79 Å². The monoisotopic (exact) mass is 474 g/mol. The summed E-state index contributed by atoms with van der Waals surface area (Å²) in [5.74, 6) is 0.400. The molecule has 0 bridgehead atoms. The number of primary amides is 1. The molecular weight excluding hydrogens is 443 g/mol. The van der Waals surface area contributed by atoms with Crippen LogP contribution in [0.15, 0.2) is 29.3 Å². The summed E-state index contributed by atoms with van der Waals surface area (Å²) in [4.78, 5) is 15.8. The molecule has 0 aromatic heterocycles. The molecule has 0 saturated carbocycles. The van der Waals surface area contributed by atoms with Crippen LogP contribution in [0.2, 0.25) is 0 Å². The number of guanidine groups is 1. The lowest BCUT2D eigenvalue weighted by Crippen LogP contribution is -2.42. The minimum atomic E-state index is -0.451. The number of benzene rings is 1. The van der Waals surface area contributed by atoms with Gasteiger partial charge in [0.05, 0.1) is 12.6 Å². The Morgan fingerprint density at radius 2 is 2.00 bits per heavy atom. The lowest BCUT2D eigenvalue weighted by molar-refractivity contribution is -0.128. The zero-order valence-corrected chi connectivity index (χ0v) is 18.0. The first kappa shape index (κ1) is 22.7. The molecule has 2 rings (SSSR count). The van der Waals surface area contributed by atoms with E-state index in [1.807, 2.05) is 0 Å². The second kappa shape index (κ2) is 12.1. The molecule has 4 N–H and O–H groups in total. The van der Waals surface area contributed by atoms with Gasteiger partial charge in [0.2, 0.25) is 5.91 Å². The quantitative estimate of drug-likeness (QED) is 0.234. The lowest BCUT2D eigenvalue weighted by Gasteiger charge is -2.16. The maximum atomic E-state index is 11.2. The number of nitrogens with zero attached hydrogens (tertiary/aromatic N) is 1. The van der Waals surface area contributed by atoms with E-state index in [4.69, 9.17) is 10.5 Å². The van der Waals surface area contributed by atoms with Gasteiger partial charge in [-0.3, -0.25) is 4.79 Å². The number of ether oxygens (including phenoxy) is 1. The van der Waals surface area contributed by atoms with E-state index >= 15 is 0 Å². The van der Waals surface area contributed by atoms with Crippen molar-refractivity contribution in [3.05, 3.63) is 35.4 Å². The Morgan fingerprint density at radius 3 is 2.62 bits per heavy atom. The van der Waals surface area contributed by atoms with Crippen LogP contribution in [0.25, 0.3) is 0 Å². The Balaban J connectivity index is 0.00000338. The topological polar surface area (TPSA) is 88.7 Å². The largest absolute Gasteiger partial charge is 0.367 e. The minimum Gasteiger partial charge on any atom is -0.367 e. The van der Waals surface area contributed by atoms with Crippen molar-refractivity contribution in [1.29, 1.82) is 0 Å². The summed E-state index contributed by atoms with van der Waals surface area (Å²) in [5, 5.41) is 6.68. The highest BCUT2D eigenvalue weighted by molar-refractivity contribution is 14.0. The molecule has 1 heterocycles. The van der Waals surface area contributed by atoms with Crippen LogP contribution < -0.4 is 16.4 Å². The van der Waals surface area contributed by atoms with Crippen LogP contribution >= 0.6 is 24.0 Å². The molecule has 0 spiro atoms. The zero-order valence-electron chi connectivity index (χ0n) is 15.7. The molecule has 6 nitrogen and oxygen atoms in total. The van der Waals surface area contributed by atoms with Crippen molar-refractivity contribution in [3.8, 4) is 0 Å². The van der Waals surface area contributed by atoms with Crippen LogP contribution in [-0.2, 0) is 16.1 Å². The van der Waals surface area contributed by atoms with Gasteiger partial charge in [-0.05, 0) is 31.7 Å². The molecule has 2 unspecified atom stereocenters. The maximum Gasteiger partial charge on any atom is 0.246 e. The molecular formula is C19H31IN4O2. The molecule has 1 amide bonds. The highest BCUT2D eigenvalue weighted by Crippen LogP contribution is 2.18. The molecule has 0 radical (unpaired) electrons. The average molecular weight is 474 g/mol. The third-order valence-electron chi connectivity index (χ3n) is 4.29. The van der Waals surface area contributed by atoms with Crippen molar-refractivity contribution in [2.45, 2.75) is 58.3 Å². The van der Waals surface area contributed by atoms with E-state index in [0.717, 1.165) is 31.8 Å². The normalized spacial score (nSPS) is 19.7. The summed E-state index contributed by atoms with van der Waals surface area (Å²) < 4.78 is 5.66. The first-order valence-electron chi connectivity index (χ1n) is 9.11. The standard InChI is InChI=1S/C19H30N4O2.HI/c1-3-4-11-21-19(22-12-15-7-5-14(2)6-8-15)23-13-16-9-10-17(25-16)18(20)24;/h5-8,16-17H,3-4,9-13H2,1-2H3,(H2,20,24)(H2,21,22,23);1H. The first-order chi connectivity index (χ1) is 12.1. The summed E-state index contributed by atoms with van der Waals surface area (Å²) in [6, 6.07) is 8.39. The SMILES string of the molecule is CCCCNC(=NCc1ccc(C)cc1)NCC1CCC(C(N)=O)O1.I. The molecule has 2 atom stereocenters. The fourth-order valence-corrected chi connectivity index (χ4v) is 2.70. The van der Waals surface area contributed by atoms with Crippen LogP contribution in [0.1, 0.15) is 43.7 Å². The van der Waals surface area contributed by atoms with E-state index in [1.165, 1.54) is 11.1 Å². The van der Waals surface area contributed by atoms with Gasteiger partial charge in [0, 0.05) is 13.1 Å². The fraction of sp³-hybridized carbons (Fsp3) is 0.579. The number of aliphatic imine (C=N–C) groups is 1. The smallest absolute Gasteiger partial charge is 0.246 e. The van der Waals surface area contributed by atoms with Gasteiger partial charge in [0.25, 0.3) is 0 Å². The van der Waals surface area contributed by atoms with Gasteiger partial charge in [-0.15, -0.1) is 24.0 Å². The van der Waals surface area contributed by atoms with E-state index in [0.29, 0.717) is 19.5 Å². The number of halogens is 1. The predicted octanol–water partition coefficient (Wildman–Crippen LogP) is 2.48. The molecule has 1 aliphatic heterocycles. The molecule has 1 aromatic carbocycles. The van der Waals surface area contributed by atoms with Crippen molar-refractivity contribution >= 4 is 35.8 Å². The van der Waals surface area contributed by atoms with Gasteiger partial charge in [0.1, 0.15) is 6.10 Å². The molecule has 1 saturated heterocycles. The van der Waals surface area contributed by atoms with Gasteiger partial charge < -0.3 is 21.1 Å². The third-order valence-corrected chi connectivity index (χ3v) is 4.29. The van der Waals surface area contributed by atoms with Crippen LogP contribution in [0, 0.1) is 6.92 Å².